The fourth-order valence-corrected chi connectivity index (χ4v) is 0.943. The highest BCUT2D eigenvalue weighted by molar-refractivity contribution is 5.72. The van der Waals surface area contributed by atoms with Gasteiger partial charge in [-0.2, -0.15) is 13.2 Å². The predicted octanol–water partition coefficient (Wildman–Crippen LogP) is 2.46. The summed E-state index contributed by atoms with van der Waals surface area (Å²) in [5, 5.41) is 0. The summed E-state index contributed by atoms with van der Waals surface area (Å²) < 4.78 is 43.9. The third-order valence-electron chi connectivity index (χ3n) is 1.74. The van der Waals surface area contributed by atoms with Crippen molar-refractivity contribution in [3.05, 3.63) is 0 Å². The van der Waals surface area contributed by atoms with Gasteiger partial charge in [0, 0.05) is 12.8 Å². The van der Waals surface area contributed by atoms with Gasteiger partial charge in [0.1, 0.15) is 0 Å². The molecule has 0 fully saturated rings. The standard InChI is InChI=1S/C11H17F3O4/c1-8(2)6-17-9(15)4-3-5-10(16)18-7-11(12,13)14/h8H,3-7H2,1-2H3. The third-order valence-corrected chi connectivity index (χ3v) is 1.74. The van der Waals surface area contributed by atoms with Gasteiger partial charge >= 0.3 is 18.1 Å². The number of carbonyl (C=O) groups excluding carboxylic acids is 2. The summed E-state index contributed by atoms with van der Waals surface area (Å²) in [5.74, 6) is -1.22. The Labute approximate surface area is 103 Å². The van der Waals surface area contributed by atoms with Gasteiger partial charge in [0.2, 0.25) is 0 Å². The van der Waals surface area contributed by atoms with Crippen LogP contribution in [0.1, 0.15) is 33.1 Å². The molecular weight excluding hydrogens is 253 g/mol. The van der Waals surface area contributed by atoms with Crippen LogP contribution in [0.2, 0.25) is 0 Å². The Bertz CT molecular complexity index is 274. The Kier molecular flexibility index (Phi) is 7.38. The summed E-state index contributed by atoms with van der Waals surface area (Å²) in [4.78, 5) is 22.0. The first kappa shape index (κ1) is 16.7. The molecule has 0 amide bonds. The van der Waals surface area contributed by atoms with Crippen LogP contribution in [0.25, 0.3) is 0 Å². The van der Waals surface area contributed by atoms with Crippen LogP contribution in [0.4, 0.5) is 13.2 Å². The largest absolute Gasteiger partial charge is 0.465 e. The van der Waals surface area contributed by atoms with E-state index >= 15 is 0 Å². The van der Waals surface area contributed by atoms with Crippen molar-refractivity contribution in [2.24, 2.45) is 5.92 Å². The topological polar surface area (TPSA) is 52.6 Å². The van der Waals surface area contributed by atoms with Crippen molar-refractivity contribution in [3.63, 3.8) is 0 Å². The first-order valence-electron chi connectivity index (χ1n) is 5.58. The molecule has 0 rings (SSSR count). The number of hydrogen-bond donors (Lipinski definition) is 0. The lowest BCUT2D eigenvalue weighted by molar-refractivity contribution is -0.186. The van der Waals surface area contributed by atoms with E-state index in [1.54, 1.807) is 0 Å². The molecule has 0 saturated carbocycles. The molecule has 0 unspecified atom stereocenters. The number of alkyl halides is 3. The van der Waals surface area contributed by atoms with Gasteiger partial charge in [0.05, 0.1) is 6.61 Å². The lowest BCUT2D eigenvalue weighted by Gasteiger charge is -2.08. The molecule has 106 valence electrons. The van der Waals surface area contributed by atoms with E-state index in [0.29, 0.717) is 0 Å². The van der Waals surface area contributed by atoms with E-state index in [2.05, 4.69) is 4.74 Å². The van der Waals surface area contributed by atoms with E-state index < -0.39 is 24.7 Å². The minimum atomic E-state index is -4.52. The van der Waals surface area contributed by atoms with E-state index in [1.165, 1.54) is 0 Å². The van der Waals surface area contributed by atoms with Crippen LogP contribution in [-0.2, 0) is 19.1 Å². The van der Waals surface area contributed by atoms with Crippen molar-refractivity contribution < 1.29 is 32.2 Å². The second-order valence-electron chi connectivity index (χ2n) is 4.21. The number of carbonyl (C=O) groups is 2. The highest BCUT2D eigenvalue weighted by atomic mass is 19.4. The molecule has 0 aliphatic rings. The molecule has 0 saturated heterocycles. The van der Waals surface area contributed by atoms with Crippen molar-refractivity contribution in [1.82, 2.24) is 0 Å². The molecule has 7 heteroatoms. The highest BCUT2D eigenvalue weighted by Crippen LogP contribution is 2.15. The van der Waals surface area contributed by atoms with Crippen LogP contribution in [-0.4, -0.2) is 31.3 Å². The second-order valence-corrected chi connectivity index (χ2v) is 4.21. The molecule has 18 heavy (non-hydrogen) atoms. The molecule has 0 aliphatic carbocycles. The summed E-state index contributed by atoms with van der Waals surface area (Å²) >= 11 is 0. The molecule has 4 nitrogen and oxygen atoms in total. The average Bonchev–Trinajstić information content (AvgIpc) is 2.22. The van der Waals surface area contributed by atoms with Gasteiger partial charge in [-0.3, -0.25) is 9.59 Å². The smallest absolute Gasteiger partial charge is 0.422 e. The molecule has 0 spiro atoms. The SMILES string of the molecule is CC(C)COC(=O)CCCC(=O)OCC(F)(F)F. The predicted molar refractivity (Wildman–Crippen MR) is 56.7 cm³/mol. The normalized spacial score (nSPS) is 11.4. The summed E-state index contributed by atoms with van der Waals surface area (Å²) in [6, 6.07) is 0. The Morgan fingerprint density at radius 2 is 1.56 bits per heavy atom. The number of ether oxygens (including phenoxy) is 2. The zero-order chi connectivity index (χ0) is 14.2. The summed E-state index contributed by atoms with van der Waals surface area (Å²) in [7, 11) is 0. The fraction of sp³-hybridized carbons (Fsp3) is 0.818. The van der Waals surface area contributed by atoms with Crippen LogP contribution in [0.5, 0.6) is 0 Å². The maximum absolute atomic E-state index is 11.7. The van der Waals surface area contributed by atoms with Crippen LogP contribution >= 0.6 is 0 Å². The Hall–Kier alpha value is -1.27. The minimum absolute atomic E-state index is 0.00611. The number of hydrogen-bond acceptors (Lipinski definition) is 4. The van der Waals surface area contributed by atoms with Crippen molar-refractivity contribution in [2.75, 3.05) is 13.2 Å². The molecule has 0 aliphatic heterocycles. The Balaban J connectivity index is 3.59. The van der Waals surface area contributed by atoms with Crippen molar-refractivity contribution in [1.29, 1.82) is 0 Å². The van der Waals surface area contributed by atoms with E-state index in [-0.39, 0.29) is 31.8 Å². The lowest BCUT2D eigenvalue weighted by atomic mass is 10.2. The van der Waals surface area contributed by atoms with Crippen LogP contribution < -0.4 is 0 Å². The van der Waals surface area contributed by atoms with Gasteiger partial charge in [-0.1, -0.05) is 13.8 Å². The first-order valence-corrected chi connectivity index (χ1v) is 5.58. The Morgan fingerprint density at radius 1 is 1.06 bits per heavy atom. The highest BCUT2D eigenvalue weighted by Gasteiger charge is 2.29. The molecule has 0 aromatic heterocycles. The summed E-state index contributed by atoms with van der Waals surface area (Å²) in [5.41, 5.74) is 0. The minimum Gasteiger partial charge on any atom is -0.465 e. The van der Waals surface area contributed by atoms with Gasteiger partial charge in [0.25, 0.3) is 0 Å². The van der Waals surface area contributed by atoms with Gasteiger partial charge in [0.15, 0.2) is 6.61 Å². The van der Waals surface area contributed by atoms with Gasteiger partial charge in [-0.05, 0) is 12.3 Å². The van der Waals surface area contributed by atoms with Crippen molar-refractivity contribution in [3.8, 4) is 0 Å². The zero-order valence-electron chi connectivity index (χ0n) is 10.4. The molecule has 0 heterocycles. The number of rotatable bonds is 7. The quantitative estimate of drug-likeness (QED) is 0.667. The van der Waals surface area contributed by atoms with E-state index in [9.17, 15) is 22.8 Å². The zero-order valence-corrected chi connectivity index (χ0v) is 10.4. The average molecular weight is 270 g/mol. The second kappa shape index (κ2) is 7.94. The monoisotopic (exact) mass is 270 g/mol. The fourth-order valence-electron chi connectivity index (χ4n) is 0.943. The molecule has 0 aromatic carbocycles. The van der Waals surface area contributed by atoms with E-state index in [4.69, 9.17) is 4.74 Å². The molecule has 0 radical (unpaired) electrons. The molecule has 0 N–H and O–H groups in total. The lowest BCUT2D eigenvalue weighted by Crippen LogP contribution is -2.20. The molecule has 0 bridgehead atoms. The number of esters is 2. The van der Waals surface area contributed by atoms with Gasteiger partial charge in [-0.15, -0.1) is 0 Å². The summed E-state index contributed by atoms with van der Waals surface area (Å²) in [6.07, 6.45) is -4.64. The molecule has 0 aromatic rings. The van der Waals surface area contributed by atoms with Crippen molar-refractivity contribution >= 4 is 11.9 Å². The van der Waals surface area contributed by atoms with Gasteiger partial charge < -0.3 is 9.47 Å². The maximum atomic E-state index is 11.7. The van der Waals surface area contributed by atoms with Crippen LogP contribution in [0.15, 0.2) is 0 Å². The van der Waals surface area contributed by atoms with Gasteiger partial charge in [-0.25, -0.2) is 0 Å². The maximum Gasteiger partial charge on any atom is 0.422 e. The van der Waals surface area contributed by atoms with E-state index in [0.717, 1.165) is 0 Å². The third kappa shape index (κ3) is 11.2. The molecule has 0 atom stereocenters. The van der Waals surface area contributed by atoms with Crippen LogP contribution in [0.3, 0.4) is 0 Å². The van der Waals surface area contributed by atoms with E-state index in [1.807, 2.05) is 13.8 Å². The van der Waals surface area contributed by atoms with Crippen molar-refractivity contribution in [2.45, 2.75) is 39.3 Å². The van der Waals surface area contributed by atoms with Crippen LogP contribution in [0, 0.1) is 5.92 Å². The Morgan fingerprint density at radius 3 is 2.00 bits per heavy atom. The first-order chi connectivity index (χ1) is 8.20. The molecular formula is C11H17F3O4. The number of halogens is 3. The summed E-state index contributed by atoms with van der Waals surface area (Å²) in [6.45, 7) is 2.45.